The molecule has 1 fully saturated rings. The second-order valence-electron chi connectivity index (χ2n) is 14.4. The first-order valence-corrected chi connectivity index (χ1v) is 17.7. The number of rotatable bonds is 21. The van der Waals surface area contributed by atoms with E-state index in [1.54, 1.807) is 16.7 Å². The molecule has 0 spiro atoms. The molecule has 2 unspecified atom stereocenters. The number of hydrogen-bond acceptors (Lipinski definition) is 0. The summed E-state index contributed by atoms with van der Waals surface area (Å²) < 4.78 is 0. The predicted molar refractivity (Wildman–Crippen MR) is 202 cm³/mol. The van der Waals surface area contributed by atoms with E-state index in [-0.39, 0.29) is 0 Å². The fourth-order valence-corrected chi connectivity index (χ4v) is 6.01. The van der Waals surface area contributed by atoms with Crippen molar-refractivity contribution in [1.29, 1.82) is 0 Å². The Morgan fingerprint density at radius 1 is 0.386 bits per heavy atom. The van der Waals surface area contributed by atoms with Crippen LogP contribution in [-0.4, -0.2) is 0 Å². The summed E-state index contributed by atoms with van der Waals surface area (Å²) in [6.07, 6.45) is 38.1. The van der Waals surface area contributed by atoms with Crippen molar-refractivity contribution in [3.05, 3.63) is 105 Å². The Balaban J connectivity index is 2.66. The second kappa shape index (κ2) is 23.1. The summed E-state index contributed by atoms with van der Waals surface area (Å²) in [5.74, 6) is 2.36. The van der Waals surface area contributed by atoms with Crippen LogP contribution in [0.25, 0.3) is 0 Å². The molecule has 0 saturated heterocycles. The smallest absolute Gasteiger partial charge is 0.0137 e. The highest BCUT2D eigenvalue weighted by Gasteiger charge is 2.48. The lowest BCUT2D eigenvalue weighted by Crippen LogP contribution is -1.87. The van der Waals surface area contributed by atoms with Crippen molar-refractivity contribution < 1.29 is 0 Å². The van der Waals surface area contributed by atoms with E-state index >= 15 is 0 Å². The van der Waals surface area contributed by atoms with E-state index in [2.05, 4.69) is 137 Å². The maximum absolute atomic E-state index is 2.56. The van der Waals surface area contributed by atoms with Gasteiger partial charge in [0.1, 0.15) is 0 Å². The Labute approximate surface area is 275 Å². The molecule has 0 radical (unpaired) electrons. The molecule has 0 aromatic carbocycles. The lowest BCUT2D eigenvalue weighted by molar-refractivity contribution is 0.710. The lowest BCUT2D eigenvalue weighted by atomic mass is 10.0. The van der Waals surface area contributed by atoms with Crippen LogP contribution < -0.4 is 0 Å². The molecule has 246 valence electrons. The highest BCUT2D eigenvalue weighted by atomic mass is 14.5. The Kier molecular flexibility index (Phi) is 20.8. The van der Waals surface area contributed by atoms with Crippen LogP contribution in [0.1, 0.15) is 153 Å². The van der Waals surface area contributed by atoms with Crippen LogP contribution >= 0.6 is 0 Å². The van der Waals surface area contributed by atoms with Crippen LogP contribution in [-0.2, 0) is 0 Å². The highest BCUT2D eigenvalue weighted by Crippen LogP contribution is 2.55. The Morgan fingerprint density at radius 3 is 1.05 bits per heavy atom. The van der Waals surface area contributed by atoms with Gasteiger partial charge in [-0.05, 0) is 171 Å². The van der Waals surface area contributed by atoms with E-state index in [9.17, 15) is 0 Å². The summed E-state index contributed by atoms with van der Waals surface area (Å²) in [6.45, 7) is 24.8. The predicted octanol–water partition coefficient (Wildman–Crippen LogP) is 14.7. The van der Waals surface area contributed by atoms with Crippen LogP contribution in [0.5, 0.6) is 0 Å². The first kappa shape index (κ1) is 39.7. The van der Waals surface area contributed by atoms with Crippen LogP contribution in [0, 0.1) is 17.8 Å². The monoisotopic (exact) mass is 599 g/mol. The van der Waals surface area contributed by atoms with Crippen LogP contribution in [0.15, 0.2) is 105 Å². The van der Waals surface area contributed by atoms with Crippen molar-refractivity contribution in [3.8, 4) is 0 Å². The normalized spacial score (nSPS) is 19.8. The molecule has 0 N–H and O–H groups in total. The van der Waals surface area contributed by atoms with Gasteiger partial charge in [0.25, 0.3) is 0 Å². The summed E-state index contributed by atoms with van der Waals surface area (Å²) in [5, 5.41) is 0. The average Bonchev–Trinajstić information content (AvgIpc) is 3.64. The third kappa shape index (κ3) is 19.8. The molecule has 0 heterocycles. The third-order valence-electron chi connectivity index (χ3n) is 8.98. The van der Waals surface area contributed by atoms with Gasteiger partial charge in [0.15, 0.2) is 0 Å². The Hall–Kier alpha value is -2.34. The van der Waals surface area contributed by atoms with Gasteiger partial charge in [-0.3, -0.25) is 0 Å². The molecule has 0 heteroatoms. The summed E-state index contributed by atoms with van der Waals surface area (Å²) in [5.41, 5.74) is 12.0. The van der Waals surface area contributed by atoms with Crippen molar-refractivity contribution in [2.45, 2.75) is 153 Å². The van der Waals surface area contributed by atoms with Crippen molar-refractivity contribution in [3.63, 3.8) is 0 Å². The van der Waals surface area contributed by atoms with Gasteiger partial charge in [0.05, 0.1) is 0 Å². The average molecular weight is 599 g/mol. The number of hydrogen-bond donors (Lipinski definition) is 0. The molecule has 0 amide bonds. The largest absolute Gasteiger partial charge is 0.0856 e. The molecule has 1 saturated carbocycles. The fraction of sp³-hybridized carbons (Fsp3) is 0.591. The van der Waals surface area contributed by atoms with Gasteiger partial charge >= 0.3 is 0 Å². The molecule has 1 rings (SSSR count). The molecule has 0 aromatic heterocycles. The van der Waals surface area contributed by atoms with E-state index in [4.69, 9.17) is 0 Å². The molecular weight excluding hydrogens is 528 g/mol. The molecule has 44 heavy (non-hydrogen) atoms. The molecule has 0 aliphatic heterocycles. The Bertz CT molecular complexity index is 1060. The minimum absolute atomic E-state index is 0.754. The van der Waals surface area contributed by atoms with Crippen molar-refractivity contribution in [2.24, 2.45) is 17.8 Å². The van der Waals surface area contributed by atoms with Crippen LogP contribution in [0.2, 0.25) is 0 Å². The minimum atomic E-state index is 0.754. The zero-order valence-electron chi connectivity index (χ0n) is 31.0. The van der Waals surface area contributed by atoms with E-state index in [1.807, 2.05) is 0 Å². The van der Waals surface area contributed by atoms with Crippen molar-refractivity contribution in [2.75, 3.05) is 0 Å². The molecule has 0 aromatic rings. The molecule has 1 aliphatic carbocycles. The van der Waals surface area contributed by atoms with Gasteiger partial charge < -0.3 is 0 Å². The standard InChI is InChI=1S/C44H70/c1-34(2)20-16-25-37(7)23-14-12-13-15-24-38(8)28-19-29-41(11)44-42(32-30-39(9)26-17-21-35(3)4)43(44)33-31-40(10)27-18-22-36(5)6/h12-13,20-24,29-31,42-44H,14-19,25-28,32-33H2,1-11H3/b13-12?,37-23?,38-24?,39-30+,40-31+,41-29?. The first-order chi connectivity index (χ1) is 20.9. The van der Waals surface area contributed by atoms with Gasteiger partial charge in [0, 0.05) is 0 Å². The van der Waals surface area contributed by atoms with E-state index in [1.165, 1.54) is 79.2 Å². The zero-order valence-corrected chi connectivity index (χ0v) is 31.0. The second-order valence-corrected chi connectivity index (χ2v) is 14.4. The molecule has 1 aliphatic rings. The summed E-state index contributed by atoms with van der Waals surface area (Å²) in [7, 11) is 0. The van der Waals surface area contributed by atoms with Crippen molar-refractivity contribution >= 4 is 0 Å². The Morgan fingerprint density at radius 2 is 0.705 bits per heavy atom. The maximum atomic E-state index is 2.56. The van der Waals surface area contributed by atoms with Gasteiger partial charge in [-0.15, -0.1) is 0 Å². The van der Waals surface area contributed by atoms with Crippen molar-refractivity contribution in [1.82, 2.24) is 0 Å². The molecular formula is C44H70. The number of allylic oxidation sites excluding steroid dienone is 18. The van der Waals surface area contributed by atoms with Gasteiger partial charge in [-0.25, -0.2) is 0 Å². The van der Waals surface area contributed by atoms with E-state index < -0.39 is 0 Å². The van der Waals surface area contributed by atoms with Crippen LogP contribution in [0.3, 0.4) is 0 Å². The maximum Gasteiger partial charge on any atom is -0.0137 e. The van der Waals surface area contributed by atoms with Gasteiger partial charge in [-0.2, -0.15) is 0 Å². The SMILES string of the molecule is CC(C)=CCCC(C)=CCC=CCC=C(C)CCC=C(C)C1C(C/C=C(\C)CCC=C(C)C)C1C/C=C(\C)CCC=C(C)C. The minimum Gasteiger partial charge on any atom is -0.0856 e. The lowest BCUT2D eigenvalue weighted by Gasteiger charge is -2.03. The van der Waals surface area contributed by atoms with Gasteiger partial charge in [0.2, 0.25) is 0 Å². The van der Waals surface area contributed by atoms with E-state index in [0.717, 1.165) is 43.4 Å². The molecule has 0 bridgehead atoms. The summed E-state index contributed by atoms with van der Waals surface area (Å²) >= 11 is 0. The van der Waals surface area contributed by atoms with E-state index in [0.29, 0.717) is 0 Å². The highest BCUT2D eigenvalue weighted by molar-refractivity contribution is 5.22. The zero-order chi connectivity index (χ0) is 32.9. The van der Waals surface area contributed by atoms with Gasteiger partial charge in [-0.1, -0.05) is 105 Å². The first-order valence-electron chi connectivity index (χ1n) is 17.7. The fourth-order valence-electron chi connectivity index (χ4n) is 6.01. The quantitative estimate of drug-likeness (QED) is 0.115. The molecule has 2 atom stereocenters. The summed E-state index contributed by atoms with van der Waals surface area (Å²) in [6, 6.07) is 0. The topological polar surface area (TPSA) is 0 Å². The third-order valence-corrected chi connectivity index (χ3v) is 8.98. The van der Waals surface area contributed by atoms with Crippen LogP contribution in [0.4, 0.5) is 0 Å². The molecule has 0 nitrogen and oxygen atoms in total. The summed E-state index contributed by atoms with van der Waals surface area (Å²) in [4.78, 5) is 0.